The Morgan fingerprint density at radius 3 is 2.25 bits per heavy atom. The van der Waals surface area contributed by atoms with Crippen LogP contribution < -0.4 is 10.1 Å². The highest BCUT2D eigenvalue weighted by atomic mass is 16.5. The molecule has 1 unspecified atom stereocenters. The van der Waals surface area contributed by atoms with Crippen LogP contribution in [0.1, 0.15) is 37.5 Å². The van der Waals surface area contributed by atoms with E-state index in [-0.39, 0.29) is 25.2 Å². The molecule has 4 nitrogen and oxygen atoms in total. The number of hydrogen-bond acceptors (Lipinski definition) is 3. The Balaban J connectivity index is 2.64. The first-order valence-corrected chi connectivity index (χ1v) is 6.98. The number of hydrogen-bond donors (Lipinski definition) is 2. The van der Waals surface area contributed by atoms with E-state index in [1.165, 1.54) is 0 Å². The maximum absolute atomic E-state index is 11.8. The fourth-order valence-corrected chi connectivity index (χ4v) is 1.96. The molecular weight excluding hydrogens is 254 g/mol. The molecule has 1 aromatic rings. The molecule has 0 heterocycles. The fraction of sp³-hybridized carbons (Fsp3) is 0.562. The van der Waals surface area contributed by atoms with Gasteiger partial charge in [-0.15, -0.1) is 0 Å². The number of nitrogens with one attached hydrogen (secondary N) is 1. The number of rotatable bonds is 6. The van der Waals surface area contributed by atoms with Gasteiger partial charge in [-0.2, -0.15) is 0 Å². The van der Waals surface area contributed by atoms with Crippen molar-refractivity contribution in [2.45, 2.75) is 47.3 Å². The topological polar surface area (TPSA) is 58.6 Å². The number of carbonyl (C=O) groups excluding carboxylic acids is 1. The molecule has 0 bridgehead atoms. The Hall–Kier alpha value is -1.55. The van der Waals surface area contributed by atoms with Crippen molar-refractivity contribution in [1.29, 1.82) is 0 Å². The first kappa shape index (κ1) is 16.5. The molecule has 1 amide bonds. The van der Waals surface area contributed by atoms with E-state index in [9.17, 15) is 4.79 Å². The Labute approximate surface area is 121 Å². The second-order valence-corrected chi connectivity index (χ2v) is 5.61. The van der Waals surface area contributed by atoms with E-state index in [2.05, 4.69) is 19.2 Å². The molecule has 1 atom stereocenters. The number of aliphatic hydroxyl groups excluding tert-OH is 1. The van der Waals surface area contributed by atoms with Crippen LogP contribution >= 0.6 is 0 Å². The summed E-state index contributed by atoms with van der Waals surface area (Å²) in [6, 6.07) is 3.87. The smallest absolute Gasteiger partial charge is 0.258 e. The maximum atomic E-state index is 11.8. The summed E-state index contributed by atoms with van der Waals surface area (Å²) in [4.78, 5) is 11.8. The lowest BCUT2D eigenvalue weighted by atomic mass is 10.1. The minimum atomic E-state index is -0.115. The highest BCUT2D eigenvalue weighted by Crippen LogP contribution is 2.24. The third-order valence-corrected chi connectivity index (χ3v) is 3.44. The summed E-state index contributed by atoms with van der Waals surface area (Å²) in [5.41, 5.74) is 2.71. The van der Waals surface area contributed by atoms with Gasteiger partial charge in [0.25, 0.3) is 5.91 Å². The van der Waals surface area contributed by atoms with E-state index in [0.29, 0.717) is 5.92 Å². The fourth-order valence-electron chi connectivity index (χ4n) is 1.96. The summed E-state index contributed by atoms with van der Waals surface area (Å²) >= 11 is 0. The Kier molecular flexibility index (Phi) is 6.02. The molecule has 0 saturated carbocycles. The molecule has 1 aromatic carbocycles. The maximum Gasteiger partial charge on any atom is 0.258 e. The van der Waals surface area contributed by atoms with Gasteiger partial charge in [0.1, 0.15) is 5.75 Å². The van der Waals surface area contributed by atoms with E-state index in [4.69, 9.17) is 9.84 Å². The lowest BCUT2D eigenvalue weighted by Gasteiger charge is -2.18. The van der Waals surface area contributed by atoms with Gasteiger partial charge in [0.2, 0.25) is 0 Å². The molecule has 112 valence electrons. The van der Waals surface area contributed by atoms with E-state index in [0.717, 1.165) is 22.4 Å². The van der Waals surface area contributed by atoms with Gasteiger partial charge < -0.3 is 15.2 Å². The monoisotopic (exact) mass is 279 g/mol. The van der Waals surface area contributed by atoms with Gasteiger partial charge in [-0.1, -0.05) is 26.0 Å². The number of aliphatic hydroxyl groups is 1. The molecule has 0 radical (unpaired) electrons. The van der Waals surface area contributed by atoms with Crippen LogP contribution in [0.25, 0.3) is 0 Å². The zero-order valence-corrected chi connectivity index (χ0v) is 13.0. The van der Waals surface area contributed by atoms with Crippen molar-refractivity contribution >= 4 is 5.91 Å². The molecular formula is C16H25NO3. The average molecular weight is 279 g/mol. The van der Waals surface area contributed by atoms with E-state index in [1.807, 2.05) is 32.9 Å². The highest BCUT2D eigenvalue weighted by molar-refractivity contribution is 5.77. The molecule has 4 heteroatoms. The summed E-state index contributed by atoms with van der Waals surface area (Å²) in [7, 11) is 0. The lowest BCUT2D eigenvalue weighted by molar-refractivity contribution is -0.124. The van der Waals surface area contributed by atoms with Crippen LogP contribution in [-0.4, -0.2) is 23.7 Å². The van der Waals surface area contributed by atoms with Crippen LogP contribution in [-0.2, 0) is 11.4 Å². The first-order valence-electron chi connectivity index (χ1n) is 6.98. The quantitative estimate of drug-likeness (QED) is 0.840. The molecule has 0 fully saturated rings. The largest absolute Gasteiger partial charge is 0.483 e. The molecule has 1 rings (SSSR count). The molecule has 20 heavy (non-hydrogen) atoms. The van der Waals surface area contributed by atoms with Gasteiger partial charge in [-0.3, -0.25) is 4.79 Å². The second kappa shape index (κ2) is 7.29. The van der Waals surface area contributed by atoms with Gasteiger partial charge in [0.05, 0.1) is 6.61 Å². The Morgan fingerprint density at radius 2 is 1.80 bits per heavy atom. The summed E-state index contributed by atoms with van der Waals surface area (Å²) in [5.74, 6) is 0.997. The summed E-state index contributed by atoms with van der Waals surface area (Å²) in [6.07, 6.45) is 0. The van der Waals surface area contributed by atoms with Crippen molar-refractivity contribution < 1.29 is 14.6 Å². The van der Waals surface area contributed by atoms with Gasteiger partial charge in [-0.05, 0) is 43.4 Å². The standard InChI is InChI=1S/C16H25NO3/c1-10(2)13(5)17-15(19)9-20-16-11(3)6-14(8-18)7-12(16)4/h6-7,10,13,18H,8-9H2,1-5H3,(H,17,19). The Morgan fingerprint density at radius 1 is 1.25 bits per heavy atom. The van der Waals surface area contributed by atoms with Crippen molar-refractivity contribution in [3.63, 3.8) is 0 Å². The number of carbonyl (C=O) groups is 1. The van der Waals surface area contributed by atoms with Gasteiger partial charge >= 0.3 is 0 Å². The van der Waals surface area contributed by atoms with Crippen molar-refractivity contribution in [3.8, 4) is 5.75 Å². The van der Waals surface area contributed by atoms with Gasteiger partial charge in [0, 0.05) is 6.04 Å². The van der Waals surface area contributed by atoms with E-state index >= 15 is 0 Å². The van der Waals surface area contributed by atoms with Crippen molar-refractivity contribution in [2.75, 3.05) is 6.61 Å². The van der Waals surface area contributed by atoms with Crippen LogP contribution in [0, 0.1) is 19.8 Å². The van der Waals surface area contributed by atoms with E-state index < -0.39 is 0 Å². The third-order valence-electron chi connectivity index (χ3n) is 3.44. The van der Waals surface area contributed by atoms with Crippen LogP contribution in [0.5, 0.6) is 5.75 Å². The zero-order valence-electron chi connectivity index (χ0n) is 13.0. The third kappa shape index (κ3) is 4.53. The predicted molar refractivity (Wildman–Crippen MR) is 79.8 cm³/mol. The number of ether oxygens (including phenoxy) is 1. The number of amides is 1. The Bertz CT molecular complexity index is 446. The molecule has 0 aliphatic rings. The molecule has 0 aromatic heterocycles. The summed E-state index contributed by atoms with van der Waals surface area (Å²) in [6.45, 7) is 9.95. The van der Waals surface area contributed by atoms with Crippen LogP contribution in [0.2, 0.25) is 0 Å². The van der Waals surface area contributed by atoms with Crippen molar-refractivity contribution in [1.82, 2.24) is 5.32 Å². The zero-order chi connectivity index (χ0) is 15.3. The molecule has 0 aliphatic carbocycles. The summed E-state index contributed by atoms with van der Waals surface area (Å²) < 4.78 is 5.62. The normalized spacial score (nSPS) is 12.3. The second-order valence-electron chi connectivity index (χ2n) is 5.61. The average Bonchev–Trinajstić information content (AvgIpc) is 2.37. The number of benzene rings is 1. The predicted octanol–water partition coefficient (Wildman–Crippen LogP) is 2.34. The van der Waals surface area contributed by atoms with Gasteiger partial charge in [0.15, 0.2) is 6.61 Å². The van der Waals surface area contributed by atoms with Gasteiger partial charge in [-0.25, -0.2) is 0 Å². The minimum absolute atomic E-state index is 0.00828. The molecule has 0 spiro atoms. The molecule has 2 N–H and O–H groups in total. The highest BCUT2D eigenvalue weighted by Gasteiger charge is 2.13. The SMILES string of the molecule is Cc1cc(CO)cc(C)c1OCC(=O)NC(C)C(C)C. The van der Waals surface area contributed by atoms with Crippen molar-refractivity contribution in [2.24, 2.45) is 5.92 Å². The molecule has 0 aliphatic heterocycles. The minimum Gasteiger partial charge on any atom is -0.483 e. The lowest BCUT2D eigenvalue weighted by Crippen LogP contribution is -2.39. The van der Waals surface area contributed by atoms with Crippen LogP contribution in [0.4, 0.5) is 0 Å². The van der Waals surface area contributed by atoms with Crippen LogP contribution in [0.15, 0.2) is 12.1 Å². The van der Waals surface area contributed by atoms with E-state index in [1.54, 1.807) is 0 Å². The summed E-state index contributed by atoms with van der Waals surface area (Å²) in [5, 5.41) is 12.0. The van der Waals surface area contributed by atoms with Crippen LogP contribution in [0.3, 0.4) is 0 Å². The number of aryl methyl sites for hydroxylation is 2. The first-order chi connectivity index (χ1) is 9.35. The molecule has 0 saturated heterocycles. The van der Waals surface area contributed by atoms with Crippen molar-refractivity contribution in [3.05, 3.63) is 28.8 Å².